The number of aromatic nitrogens is 4. The fraction of sp³-hybridized carbons (Fsp3) is 0.375. The summed E-state index contributed by atoms with van der Waals surface area (Å²) in [5.41, 5.74) is 1.93. The van der Waals surface area contributed by atoms with Gasteiger partial charge in [-0.3, -0.25) is 4.68 Å². The van der Waals surface area contributed by atoms with Gasteiger partial charge in [-0.15, -0.1) is 0 Å². The second-order valence-electron chi connectivity index (χ2n) is 8.71. The fourth-order valence-corrected chi connectivity index (χ4v) is 4.88. The Labute approximate surface area is 211 Å². The van der Waals surface area contributed by atoms with E-state index in [-0.39, 0.29) is 6.04 Å². The van der Waals surface area contributed by atoms with E-state index in [1.807, 2.05) is 28.9 Å². The van der Waals surface area contributed by atoms with E-state index in [9.17, 15) is 5.11 Å². The molecule has 1 aromatic carbocycles. The van der Waals surface area contributed by atoms with E-state index in [2.05, 4.69) is 51.9 Å². The normalized spacial score (nSPS) is 11.9. The number of pyridine rings is 1. The Kier molecular flexibility index (Phi) is 6.72. The van der Waals surface area contributed by atoms with Gasteiger partial charge in [0.15, 0.2) is 5.76 Å². The maximum Gasteiger partial charge on any atom is 0.181 e. The van der Waals surface area contributed by atoms with Crippen LogP contribution < -0.4 is 14.8 Å². The molecule has 0 aliphatic rings. The summed E-state index contributed by atoms with van der Waals surface area (Å²) < 4.78 is 19.0. The monoisotopic (exact) mass is 577 g/mol. The number of rotatable bonds is 8. The molecule has 0 spiro atoms. The van der Waals surface area contributed by atoms with Crippen LogP contribution in [0.4, 0.5) is 5.82 Å². The van der Waals surface area contributed by atoms with Crippen LogP contribution in [0.25, 0.3) is 22.3 Å². The fourth-order valence-electron chi connectivity index (χ4n) is 3.76. The number of benzene rings is 1. The van der Waals surface area contributed by atoms with Crippen molar-refractivity contribution in [1.29, 1.82) is 0 Å². The Balaban J connectivity index is 1.81. The minimum atomic E-state index is -1.16. The summed E-state index contributed by atoms with van der Waals surface area (Å²) in [5, 5.41) is 23.9. The molecule has 0 atom stereocenters. The molecular formula is C24H28IN5O4. The van der Waals surface area contributed by atoms with Crippen LogP contribution in [0.15, 0.2) is 35.0 Å². The SMILES string of the molecule is COc1ccc(CNc2nccc3c2c(-c2noc(C(C)(C)O)c2I)nn3C(C)C)c(OC)c1. The van der Waals surface area contributed by atoms with E-state index < -0.39 is 5.60 Å². The second-order valence-corrected chi connectivity index (χ2v) is 9.78. The molecule has 0 saturated heterocycles. The molecule has 180 valence electrons. The van der Waals surface area contributed by atoms with E-state index in [0.717, 1.165) is 28.0 Å². The molecule has 0 unspecified atom stereocenters. The van der Waals surface area contributed by atoms with Gasteiger partial charge in [0.05, 0.1) is 28.7 Å². The number of hydrogen-bond donors (Lipinski definition) is 2. The van der Waals surface area contributed by atoms with Crippen LogP contribution in [0.3, 0.4) is 0 Å². The topological polar surface area (TPSA) is 107 Å². The van der Waals surface area contributed by atoms with Crippen molar-refractivity contribution in [2.45, 2.75) is 45.9 Å². The summed E-state index contributed by atoms with van der Waals surface area (Å²) in [6.45, 7) is 7.96. The number of halogens is 1. The largest absolute Gasteiger partial charge is 0.497 e. The van der Waals surface area contributed by atoms with Gasteiger partial charge >= 0.3 is 0 Å². The summed E-state index contributed by atoms with van der Waals surface area (Å²) >= 11 is 2.15. The lowest BCUT2D eigenvalue weighted by Gasteiger charge is -2.13. The van der Waals surface area contributed by atoms with Crippen molar-refractivity contribution in [2.24, 2.45) is 0 Å². The van der Waals surface area contributed by atoms with Crippen molar-refractivity contribution >= 4 is 39.3 Å². The van der Waals surface area contributed by atoms with E-state index in [0.29, 0.717) is 33.1 Å². The van der Waals surface area contributed by atoms with Crippen LogP contribution in [0, 0.1) is 3.57 Å². The maximum atomic E-state index is 10.5. The Morgan fingerprint density at radius 1 is 1.18 bits per heavy atom. The lowest BCUT2D eigenvalue weighted by atomic mass is 10.1. The zero-order valence-corrected chi connectivity index (χ0v) is 22.2. The van der Waals surface area contributed by atoms with Crippen LogP contribution >= 0.6 is 22.6 Å². The number of aliphatic hydroxyl groups is 1. The Bertz CT molecular complexity index is 1320. The van der Waals surface area contributed by atoms with Crippen LogP contribution in [0.2, 0.25) is 0 Å². The summed E-state index contributed by atoms with van der Waals surface area (Å²) in [6.07, 6.45) is 1.76. The lowest BCUT2D eigenvalue weighted by Crippen LogP contribution is -2.15. The quantitative estimate of drug-likeness (QED) is 0.278. The van der Waals surface area contributed by atoms with Crippen molar-refractivity contribution in [1.82, 2.24) is 19.9 Å². The highest BCUT2D eigenvalue weighted by atomic mass is 127. The first-order valence-electron chi connectivity index (χ1n) is 10.9. The molecule has 3 heterocycles. The molecular weight excluding hydrogens is 549 g/mol. The van der Waals surface area contributed by atoms with Crippen molar-refractivity contribution in [3.8, 4) is 22.9 Å². The minimum Gasteiger partial charge on any atom is -0.497 e. The van der Waals surface area contributed by atoms with Gasteiger partial charge in [-0.1, -0.05) is 5.16 Å². The molecule has 4 aromatic rings. The molecule has 10 heteroatoms. The molecule has 2 N–H and O–H groups in total. The van der Waals surface area contributed by atoms with Gasteiger partial charge in [0.1, 0.15) is 34.3 Å². The highest BCUT2D eigenvalue weighted by Gasteiger charge is 2.30. The predicted molar refractivity (Wildman–Crippen MR) is 138 cm³/mol. The number of methoxy groups -OCH3 is 2. The van der Waals surface area contributed by atoms with Gasteiger partial charge in [-0.2, -0.15) is 5.10 Å². The van der Waals surface area contributed by atoms with Gasteiger partial charge in [-0.25, -0.2) is 4.98 Å². The van der Waals surface area contributed by atoms with E-state index in [1.54, 1.807) is 34.3 Å². The van der Waals surface area contributed by atoms with Gasteiger partial charge in [-0.05, 0) is 68.5 Å². The third kappa shape index (κ3) is 4.43. The predicted octanol–water partition coefficient (Wildman–Crippen LogP) is 5.13. The first-order chi connectivity index (χ1) is 16.2. The summed E-state index contributed by atoms with van der Waals surface area (Å²) in [4.78, 5) is 4.62. The first kappa shape index (κ1) is 24.3. The number of ether oxygens (including phenoxy) is 2. The average Bonchev–Trinajstić information content (AvgIpc) is 3.38. The van der Waals surface area contributed by atoms with Crippen molar-refractivity contribution in [3.63, 3.8) is 0 Å². The molecule has 0 radical (unpaired) electrons. The molecule has 0 aliphatic carbocycles. The highest BCUT2D eigenvalue weighted by molar-refractivity contribution is 14.1. The molecule has 0 aliphatic heterocycles. The van der Waals surface area contributed by atoms with Gasteiger partial charge in [0.2, 0.25) is 0 Å². The number of nitrogens with one attached hydrogen (secondary N) is 1. The molecule has 4 rings (SSSR count). The Morgan fingerprint density at radius 2 is 1.94 bits per heavy atom. The van der Waals surface area contributed by atoms with Crippen LogP contribution in [-0.2, 0) is 12.1 Å². The molecule has 0 amide bonds. The number of nitrogens with zero attached hydrogens (tertiary/aromatic N) is 4. The molecule has 34 heavy (non-hydrogen) atoms. The Morgan fingerprint density at radius 3 is 2.56 bits per heavy atom. The maximum absolute atomic E-state index is 10.5. The molecule has 9 nitrogen and oxygen atoms in total. The van der Waals surface area contributed by atoms with Crippen molar-refractivity contribution in [2.75, 3.05) is 19.5 Å². The summed E-state index contributed by atoms with van der Waals surface area (Å²) in [5.74, 6) is 2.51. The summed E-state index contributed by atoms with van der Waals surface area (Å²) in [6, 6.07) is 7.76. The lowest BCUT2D eigenvalue weighted by molar-refractivity contribution is 0.0465. The smallest absolute Gasteiger partial charge is 0.181 e. The number of fused-ring (bicyclic) bond motifs is 1. The molecule has 3 aromatic heterocycles. The minimum absolute atomic E-state index is 0.117. The van der Waals surface area contributed by atoms with E-state index in [4.69, 9.17) is 19.1 Å². The molecule has 0 saturated carbocycles. The van der Waals surface area contributed by atoms with Crippen LogP contribution in [0.1, 0.15) is 45.1 Å². The van der Waals surface area contributed by atoms with Crippen LogP contribution in [-0.4, -0.2) is 39.2 Å². The van der Waals surface area contributed by atoms with E-state index in [1.165, 1.54) is 0 Å². The third-order valence-electron chi connectivity index (χ3n) is 5.47. The van der Waals surface area contributed by atoms with Gasteiger partial charge < -0.3 is 24.4 Å². The zero-order chi connectivity index (χ0) is 24.6. The third-order valence-corrected chi connectivity index (χ3v) is 6.47. The van der Waals surface area contributed by atoms with Crippen molar-refractivity contribution < 1.29 is 19.1 Å². The Hall–Kier alpha value is -2.86. The standard InChI is InChI=1S/C24H28IN5O4/c1-13(2)30-16-9-10-26-23(27-12-14-7-8-15(32-5)11-17(14)33-6)18(16)20(28-30)21-19(25)22(34-29-21)24(3,4)31/h7-11,13,31H,12H2,1-6H3,(H,26,27). The van der Waals surface area contributed by atoms with Gasteiger partial charge in [0, 0.05) is 30.4 Å². The highest BCUT2D eigenvalue weighted by Crippen LogP contribution is 2.38. The molecule has 0 bridgehead atoms. The van der Waals surface area contributed by atoms with Crippen molar-refractivity contribution in [3.05, 3.63) is 45.4 Å². The molecule has 0 fully saturated rings. The number of hydrogen-bond acceptors (Lipinski definition) is 8. The first-order valence-corrected chi connectivity index (χ1v) is 11.9. The number of anilines is 1. The summed E-state index contributed by atoms with van der Waals surface area (Å²) in [7, 11) is 3.26. The van der Waals surface area contributed by atoms with Crippen LogP contribution in [0.5, 0.6) is 11.5 Å². The zero-order valence-electron chi connectivity index (χ0n) is 20.0. The second kappa shape index (κ2) is 9.41. The van der Waals surface area contributed by atoms with E-state index >= 15 is 0 Å². The average molecular weight is 577 g/mol. The van der Waals surface area contributed by atoms with Gasteiger partial charge in [0.25, 0.3) is 0 Å².